The van der Waals surface area contributed by atoms with Gasteiger partial charge in [-0.15, -0.1) is 0 Å². The molecule has 2 atom stereocenters. The molecule has 0 aliphatic heterocycles. The van der Waals surface area contributed by atoms with E-state index in [-0.39, 0.29) is 0 Å². The van der Waals surface area contributed by atoms with E-state index in [2.05, 4.69) is 41.5 Å². The first-order valence-corrected chi connectivity index (χ1v) is 5.49. The van der Waals surface area contributed by atoms with Gasteiger partial charge in [-0.2, -0.15) is 0 Å². The molecule has 0 heterocycles. The Kier molecular flexibility index (Phi) is 5.61. The summed E-state index contributed by atoms with van der Waals surface area (Å²) in [5.41, 5.74) is 0. The molecule has 74 valence electrons. The lowest BCUT2D eigenvalue weighted by molar-refractivity contribution is 0.222. The van der Waals surface area contributed by atoms with Gasteiger partial charge in [-0.25, -0.2) is 0 Å². The van der Waals surface area contributed by atoms with Crippen molar-refractivity contribution in [3.05, 3.63) is 0 Å². The van der Waals surface area contributed by atoms with Crippen molar-refractivity contribution in [3.63, 3.8) is 0 Å². The SMILES string of the molecule is CCC(C)C(CC(C)C)C(C)C. The Hall–Kier alpha value is 0. The van der Waals surface area contributed by atoms with Crippen LogP contribution in [0.2, 0.25) is 0 Å². The smallest absolute Gasteiger partial charge is 0.0363 e. The van der Waals surface area contributed by atoms with Crippen LogP contribution in [0.1, 0.15) is 54.4 Å². The normalized spacial score (nSPS) is 17.0. The Labute approximate surface area is 78.8 Å². The van der Waals surface area contributed by atoms with Gasteiger partial charge in [0, 0.05) is 0 Å². The zero-order valence-electron chi connectivity index (χ0n) is 9.72. The molecule has 0 amide bonds. The zero-order chi connectivity index (χ0) is 9.72. The van der Waals surface area contributed by atoms with Crippen LogP contribution in [0.5, 0.6) is 0 Å². The molecule has 0 aromatic carbocycles. The summed E-state index contributed by atoms with van der Waals surface area (Å²) < 4.78 is 0. The fraction of sp³-hybridized carbons (Fsp3) is 1.00. The predicted molar refractivity (Wildman–Crippen MR) is 57.2 cm³/mol. The maximum Gasteiger partial charge on any atom is -0.0363 e. The topological polar surface area (TPSA) is 0 Å². The maximum absolute atomic E-state index is 2.40. The molecule has 0 rings (SSSR count). The van der Waals surface area contributed by atoms with Crippen LogP contribution < -0.4 is 0 Å². The van der Waals surface area contributed by atoms with Crippen LogP contribution in [0.3, 0.4) is 0 Å². The molecule has 0 nitrogen and oxygen atoms in total. The summed E-state index contributed by atoms with van der Waals surface area (Å²) in [6, 6.07) is 0. The Bertz CT molecular complexity index is 103. The van der Waals surface area contributed by atoms with Crippen LogP contribution >= 0.6 is 0 Å². The van der Waals surface area contributed by atoms with Crippen LogP contribution in [0.4, 0.5) is 0 Å². The molecular formula is C12H26. The second kappa shape index (κ2) is 5.61. The Balaban J connectivity index is 4.03. The fourth-order valence-corrected chi connectivity index (χ4v) is 2.01. The molecule has 0 spiro atoms. The fourth-order valence-electron chi connectivity index (χ4n) is 2.01. The minimum absolute atomic E-state index is 0.849. The van der Waals surface area contributed by atoms with E-state index in [1.807, 2.05) is 0 Å². The molecule has 0 heteroatoms. The van der Waals surface area contributed by atoms with E-state index < -0.39 is 0 Å². The van der Waals surface area contributed by atoms with Gasteiger partial charge in [-0.05, 0) is 30.1 Å². The summed E-state index contributed by atoms with van der Waals surface area (Å²) in [5.74, 6) is 3.52. The molecule has 2 unspecified atom stereocenters. The third-order valence-corrected chi connectivity index (χ3v) is 2.97. The lowest BCUT2D eigenvalue weighted by Crippen LogP contribution is -2.19. The first kappa shape index (κ1) is 12.0. The third-order valence-electron chi connectivity index (χ3n) is 2.97. The van der Waals surface area contributed by atoms with E-state index in [4.69, 9.17) is 0 Å². The minimum atomic E-state index is 0.849. The number of hydrogen-bond acceptors (Lipinski definition) is 0. The van der Waals surface area contributed by atoms with Gasteiger partial charge in [0.05, 0.1) is 0 Å². The van der Waals surface area contributed by atoms with Crippen LogP contribution in [0.25, 0.3) is 0 Å². The van der Waals surface area contributed by atoms with Crippen molar-refractivity contribution >= 4 is 0 Å². The van der Waals surface area contributed by atoms with Crippen LogP contribution in [-0.4, -0.2) is 0 Å². The van der Waals surface area contributed by atoms with Gasteiger partial charge in [0.15, 0.2) is 0 Å². The van der Waals surface area contributed by atoms with Gasteiger partial charge in [-0.1, -0.05) is 48.0 Å². The van der Waals surface area contributed by atoms with E-state index in [1.54, 1.807) is 0 Å². The van der Waals surface area contributed by atoms with Gasteiger partial charge in [-0.3, -0.25) is 0 Å². The zero-order valence-corrected chi connectivity index (χ0v) is 9.72. The lowest BCUT2D eigenvalue weighted by Gasteiger charge is -2.28. The molecule has 0 bridgehead atoms. The van der Waals surface area contributed by atoms with Crippen molar-refractivity contribution in [3.8, 4) is 0 Å². The molecular weight excluding hydrogens is 144 g/mol. The van der Waals surface area contributed by atoms with Crippen molar-refractivity contribution in [2.24, 2.45) is 23.7 Å². The summed E-state index contributed by atoms with van der Waals surface area (Å²) in [6.45, 7) is 14.1. The molecule has 0 N–H and O–H groups in total. The van der Waals surface area contributed by atoms with Gasteiger partial charge in [0.25, 0.3) is 0 Å². The first-order valence-electron chi connectivity index (χ1n) is 5.49. The van der Waals surface area contributed by atoms with Crippen molar-refractivity contribution in [1.82, 2.24) is 0 Å². The van der Waals surface area contributed by atoms with E-state index in [0.717, 1.165) is 23.7 Å². The highest BCUT2D eigenvalue weighted by Crippen LogP contribution is 2.29. The van der Waals surface area contributed by atoms with Crippen LogP contribution in [0.15, 0.2) is 0 Å². The van der Waals surface area contributed by atoms with Crippen LogP contribution in [0, 0.1) is 23.7 Å². The molecule has 0 saturated heterocycles. The van der Waals surface area contributed by atoms with Crippen molar-refractivity contribution < 1.29 is 0 Å². The standard InChI is InChI=1S/C12H26/c1-7-11(6)12(10(4)5)8-9(2)3/h9-12H,7-8H2,1-6H3. The second-order valence-corrected chi connectivity index (χ2v) is 4.92. The average Bonchev–Trinajstić information content (AvgIpc) is 1.98. The Morgan fingerprint density at radius 3 is 1.67 bits per heavy atom. The Morgan fingerprint density at radius 2 is 1.42 bits per heavy atom. The molecule has 0 aromatic heterocycles. The highest BCUT2D eigenvalue weighted by atomic mass is 14.3. The highest BCUT2D eigenvalue weighted by molar-refractivity contribution is 4.70. The Morgan fingerprint density at radius 1 is 0.917 bits per heavy atom. The van der Waals surface area contributed by atoms with E-state index in [9.17, 15) is 0 Å². The van der Waals surface area contributed by atoms with Gasteiger partial charge in [0.1, 0.15) is 0 Å². The molecule has 0 saturated carbocycles. The van der Waals surface area contributed by atoms with Gasteiger partial charge >= 0.3 is 0 Å². The summed E-state index contributed by atoms with van der Waals surface area (Å²) in [7, 11) is 0. The van der Waals surface area contributed by atoms with Crippen molar-refractivity contribution in [2.45, 2.75) is 54.4 Å². The lowest BCUT2D eigenvalue weighted by atomic mass is 9.78. The first-order chi connectivity index (χ1) is 5.49. The third kappa shape index (κ3) is 4.13. The maximum atomic E-state index is 2.40. The number of hydrogen-bond donors (Lipinski definition) is 0. The van der Waals surface area contributed by atoms with E-state index in [1.165, 1.54) is 12.8 Å². The van der Waals surface area contributed by atoms with Crippen molar-refractivity contribution in [2.75, 3.05) is 0 Å². The van der Waals surface area contributed by atoms with Crippen LogP contribution in [-0.2, 0) is 0 Å². The molecule has 0 fully saturated rings. The largest absolute Gasteiger partial charge is 0.0651 e. The minimum Gasteiger partial charge on any atom is -0.0651 e. The second-order valence-electron chi connectivity index (χ2n) is 4.92. The van der Waals surface area contributed by atoms with Crippen molar-refractivity contribution in [1.29, 1.82) is 0 Å². The average molecular weight is 170 g/mol. The molecule has 0 aromatic rings. The monoisotopic (exact) mass is 170 g/mol. The number of rotatable bonds is 5. The molecule has 0 radical (unpaired) electrons. The van der Waals surface area contributed by atoms with E-state index >= 15 is 0 Å². The summed E-state index contributed by atoms with van der Waals surface area (Å²) in [5, 5.41) is 0. The van der Waals surface area contributed by atoms with Gasteiger partial charge in [0.2, 0.25) is 0 Å². The highest BCUT2D eigenvalue weighted by Gasteiger charge is 2.20. The molecule has 0 aliphatic rings. The van der Waals surface area contributed by atoms with Gasteiger partial charge < -0.3 is 0 Å². The van der Waals surface area contributed by atoms with E-state index in [0.29, 0.717) is 0 Å². The summed E-state index contributed by atoms with van der Waals surface area (Å²) in [6.07, 6.45) is 2.72. The predicted octanol–water partition coefficient (Wildman–Crippen LogP) is 4.35. The quantitative estimate of drug-likeness (QED) is 0.575. The molecule has 0 aliphatic carbocycles. The summed E-state index contributed by atoms with van der Waals surface area (Å²) >= 11 is 0. The summed E-state index contributed by atoms with van der Waals surface area (Å²) in [4.78, 5) is 0. The molecule has 12 heavy (non-hydrogen) atoms.